The first kappa shape index (κ1) is 22.1. The van der Waals surface area contributed by atoms with Crippen molar-refractivity contribution in [1.82, 2.24) is 14.8 Å². The number of carbonyl (C=O) groups excluding carboxylic acids is 1. The summed E-state index contributed by atoms with van der Waals surface area (Å²) in [5, 5.41) is 11.7. The van der Waals surface area contributed by atoms with Gasteiger partial charge in [0.25, 0.3) is 0 Å². The first-order valence-corrected chi connectivity index (χ1v) is 13.4. The molecular weight excluding hydrogens is 446 g/mol. The van der Waals surface area contributed by atoms with E-state index in [4.69, 9.17) is 0 Å². The number of carbonyl (C=O) groups is 1. The van der Waals surface area contributed by atoms with E-state index >= 15 is 0 Å². The standard InChI is InChI=1S/C27H27N3OS2/c31-24(23-15-13-22(14-16-23)21-10-5-2-6-11-21)19-33-27-29-28-26(25-12-7-17-32-25)30(27)18-20-8-3-1-4-9-20/h1,3-4,7-9,12-17,21H,2,5-6,10-11,18-19H2. The van der Waals surface area contributed by atoms with Gasteiger partial charge < -0.3 is 0 Å². The summed E-state index contributed by atoms with van der Waals surface area (Å²) in [6, 6.07) is 22.7. The van der Waals surface area contributed by atoms with Gasteiger partial charge in [0, 0.05) is 5.56 Å². The SMILES string of the molecule is O=C(CSc1nnc(-c2cccs2)n1Cc1ccccc1)c1ccc(C2CCCCC2)cc1. The van der Waals surface area contributed by atoms with Crippen LogP contribution in [0.25, 0.3) is 10.7 Å². The van der Waals surface area contributed by atoms with E-state index in [2.05, 4.69) is 45.1 Å². The first-order valence-electron chi connectivity index (χ1n) is 11.5. The van der Waals surface area contributed by atoms with Crippen molar-refractivity contribution in [3.63, 3.8) is 0 Å². The highest BCUT2D eigenvalue weighted by molar-refractivity contribution is 7.99. The van der Waals surface area contributed by atoms with Crippen LogP contribution in [0, 0.1) is 0 Å². The van der Waals surface area contributed by atoms with Crippen LogP contribution in [0.2, 0.25) is 0 Å². The lowest BCUT2D eigenvalue weighted by atomic mass is 9.84. The second-order valence-corrected chi connectivity index (χ2v) is 10.4. The molecule has 0 unspecified atom stereocenters. The third-order valence-corrected chi connectivity index (χ3v) is 8.12. The van der Waals surface area contributed by atoms with Crippen LogP contribution in [-0.4, -0.2) is 26.3 Å². The van der Waals surface area contributed by atoms with E-state index < -0.39 is 0 Å². The second kappa shape index (κ2) is 10.5. The first-order chi connectivity index (χ1) is 16.3. The molecule has 6 heteroatoms. The monoisotopic (exact) mass is 473 g/mol. The molecule has 0 radical (unpaired) electrons. The third-order valence-electron chi connectivity index (χ3n) is 6.28. The molecule has 1 aliphatic carbocycles. The quantitative estimate of drug-likeness (QED) is 0.203. The Morgan fingerprint density at radius 1 is 0.939 bits per heavy atom. The Labute approximate surface area is 203 Å². The Hall–Kier alpha value is -2.70. The highest BCUT2D eigenvalue weighted by Gasteiger charge is 2.18. The number of Topliss-reactive ketones (excluding diaryl/α,β-unsaturated/α-hetero) is 1. The summed E-state index contributed by atoms with van der Waals surface area (Å²) in [6.07, 6.45) is 6.53. The van der Waals surface area contributed by atoms with E-state index in [1.807, 2.05) is 41.8 Å². The molecule has 1 fully saturated rings. The summed E-state index contributed by atoms with van der Waals surface area (Å²) in [6.45, 7) is 0.674. The minimum Gasteiger partial charge on any atom is -0.297 e. The number of hydrogen-bond acceptors (Lipinski definition) is 5. The maximum absolute atomic E-state index is 12.9. The molecule has 4 nitrogen and oxygen atoms in total. The number of ketones is 1. The van der Waals surface area contributed by atoms with Crippen LogP contribution >= 0.6 is 23.1 Å². The van der Waals surface area contributed by atoms with E-state index in [9.17, 15) is 4.79 Å². The highest BCUT2D eigenvalue weighted by Crippen LogP contribution is 2.33. The van der Waals surface area contributed by atoms with Gasteiger partial charge in [0.05, 0.1) is 17.2 Å². The lowest BCUT2D eigenvalue weighted by molar-refractivity contribution is 0.102. The van der Waals surface area contributed by atoms with Crippen LogP contribution in [0.5, 0.6) is 0 Å². The average Bonchev–Trinajstić information content (AvgIpc) is 3.54. The molecule has 0 spiro atoms. The van der Waals surface area contributed by atoms with Gasteiger partial charge in [-0.25, -0.2) is 0 Å². The molecule has 0 saturated heterocycles. The zero-order valence-corrected chi connectivity index (χ0v) is 20.2. The van der Waals surface area contributed by atoms with E-state index in [1.54, 1.807) is 11.3 Å². The van der Waals surface area contributed by atoms with Gasteiger partial charge in [-0.15, -0.1) is 21.5 Å². The maximum atomic E-state index is 12.9. The second-order valence-electron chi connectivity index (χ2n) is 8.52. The van der Waals surface area contributed by atoms with Crippen LogP contribution in [0.3, 0.4) is 0 Å². The molecular formula is C27H27N3OS2. The van der Waals surface area contributed by atoms with Crippen molar-refractivity contribution >= 4 is 28.9 Å². The molecule has 0 atom stereocenters. The van der Waals surface area contributed by atoms with Gasteiger partial charge in [0.15, 0.2) is 16.8 Å². The number of rotatable bonds is 8. The fourth-order valence-electron chi connectivity index (χ4n) is 4.48. The Morgan fingerprint density at radius 3 is 2.45 bits per heavy atom. The van der Waals surface area contributed by atoms with E-state index in [-0.39, 0.29) is 5.78 Å². The molecule has 4 aromatic rings. The van der Waals surface area contributed by atoms with Crippen LogP contribution in [0.1, 0.15) is 59.5 Å². The average molecular weight is 474 g/mol. The summed E-state index contributed by atoms with van der Waals surface area (Å²) >= 11 is 3.11. The molecule has 0 bridgehead atoms. The van der Waals surface area contributed by atoms with Gasteiger partial charge in [-0.2, -0.15) is 0 Å². The topological polar surface area (TPSA) is 47.8 Å². The Morgan fingerprint density at radius 2 is 1.73 bits per heavy atom. The predicted molar refractivity (Wildman–Crippen MR) is 136 cm³/mol. The zero-order chi connectivity index (χ0) is 22.5. The van der Waals surface area contributed by atoms with Gasteiger partial charge >= 0.3 is 0 Å². The number of nitrogens with zero attached hydrogens (tertiary/aromatic N) is 3. The summed E-state index contributed by atoms with van der Waals surface area (Å²) in [5.74, 6) is 1.98. The minimum atomic E-state index is 0.127. The van der Waals surface area contributed by atoms with Crippen LogP contribution < -0.4 is 0 Å². The van der Waals surface area contributed by atoms with Gasteiger partial charge in [-0.1, -0.05) is 91.7 Å². The molecule has 1 aliphatic rings. The van der Waals surface area contributed by atoms with Crippen molar-refractivity contribution in [1.29, 1.82) is 0 Å². The smallest absolute Gasteiger partial charge is 0.192 e. The number of thiophene rings is 1. The maximum Gasteiger partial charge on any atom is 0.192 e. The number of benzene rings is 2. The van der Waals surface area contributed by atoms with Crippen molar-refractivity contribution < 1.29 is 4.79 Å². The van der Waals surface area contributed by atoms with Gasteiger partial charge in [-0.3, -0.25) is 9.36 Å². The fourth-order valence-corrected chi connectivity index (χ4v) is 6.03. The molecule has 0 aliphatic heterocycles. The van der Waals surface area contributed by atoms with Crippen LogP contribution in [-0.2, 0) is 6.54 Å². The summed E-state index contributed by atoms with van der Waals surface area (Å²) in [7, 11) is 0. The van der Waals surface area contributed by atoms with Crippen molar-refractivity contribution in [3.05, 3.63) is 88.8 Å². The molecule has 0 N–H and O–H groups in total. The van der Waals surface area contributed by atoms with Gasteiger partial charge in [0.2, 0.25) is 0 Å². The third kappa shape index (κ3) is 5.28. The van der Waals surface area contributed by atoms with Gasteiger partial charge in [0.1, 0.15) is 0 Å². The number of thioether (sulfide) groups is 1. The van der Waals surface area contributed by atoms with E-state index in [0.717, 1.165) is 21.4 Å². The molecule has 5 rings (SSSR count). The van der Waals surface area contributed by atoms with Crippen LogP contribution in [0.15, 0.2) is 77.3 Å². The summed E-state index contributed by atoms with van der Waals surface area (Å²) in [5.41, 5.74) is 3.33. The lowest BCUT2D eigenvalue weighted by Gasteiger charge is -2.22. The molecule has 1 saturated carbocycles. The Kier molecular flexibility index (Phi) is 7.03. The normalized spacial score (nSPS) is 14.4. The van der Waals surface area contributed by atoms with Gasteiger partial charge in [-0.05, 0) is 41.3 Å². The van der Waals surface area contributed by atoms with Crippen molar-refractivity contribution in [2.45, 2.75) is 49.7 Å². The minimum absolute atomic E-state index is 0.127. The lowest BCUT2D eigenvalue weighted by Crippen LogP contribution is -2.08. The largest absolute Gasteiger partial charge is 0.297 e. The van der Waals surface area contributed by atoms with E-state index in [1.165, 1.54) is 55.0 Å². The number of aromatic nitrogens is 3. The highest BCUT2D eigenvalue weighted by atomic mass is 32.2. The van der Waals surface area contributed by atoms with Crippen LogP contribution in [0.4, 0.5) is 0 Å². The molecule has 2 aromatic heterocycles. The van der Waals surface area contributed by atoms with Crippen molar-refractivity contribution in [2.75, 3.05) is 5.75 Å². The molecule has 0 amide bonds. The van der Waals surface area contributed by atoms with E-state index in [0.29, 0.717) is 18.2 Å². The van der Waals surface area contributed by atoms with Crippen molar-refractivity contribution in [2.24, 2.45) is 0 Å². The number of hydrogen-bond donors (Lipinski definition) is 0. The summed E-state index contributed by atoms with van der Waals surface area (Å²) in [4.78, 5) is 14.0. The Balaban J connectivity index is 1.30. The molecule has 33 heavy (non-hydrogen) atoms. The zero-order valence-electron chi connectivity index (χ0n) is 18.5. The molecule has 168 valence electrons. The molecule has 2 heterocycles. The molecule has 2 aromatic carbocycles. The predicted octanol–water partition coefficient (Wildman–Crippen LogP) is 7.08. The Bertz CT molecular complexity index is 1180. The van der Waals surface area contributed by atoms with Crippen molar-refractivity contribution in [3.8, 4) is 10.7 Å². The fraction of sp³-hybridized carbons (Fsp3) is 0.296. The summed E-state index contributed by atoms with van der Waals surface area (Å²) < 4.78 is 2.12.